The number of Topliss-reactive ketones (excluding diaryl/α,β-unsaturated/α-hetero) is 1. The summed E-state index contributed by atoms with van der Waals surface area (Å²) in [6.45, 7) is 8.94. The third-order valence-corrected chi connectivity index (χ3v) is 7.14. The summed E-state index contributed by atoms with van der Waals surface area (Å²) in [6, 6.07) is 12.2. The highest BCUT2D eigenvalue weighted by molar-refractivity contribution is 9.10. The van der Waals surface area contributed by atoms with Crippen molar-refractivity contribution >= 4 is 33.4 Å². The highest BCUT2D eigenvalue weighted by Gasteiger charge is 2.45. The molecule has 2 heterocycles. The molecule has 0 radical (unpaired) electrons. The molecule has 2 fully saturated rings. The molecule has 0 spiro atoms. The minimum Gasteiger partial charge on any atom is -0.507 e. The van der Waals surface area contributed by atoms with Crippen LogP contribution in [0.3, 0.4) is 0 Å². The van der Waals surface area contributed by atoms with Crippen LogP contribution in [0.15, 0.2) is 52.5 Å². The summed E-state index contributed by atoms with van der Waals surface area (Å²) in [7, 11) is 0. The van der Waals surface area contributed by atoms with Crippen molar-refractivity contribution in [2.24, 2.45) is 0 Å². The Morgan fingerprint density at radius 3 is 2.50 bits per heavy atom. The van der Waals surface area contributed by atoms with Crippen molar-refractivity contribution in [3.63, 3.8) is 0 Å². The Kier molecular flexibility index (Phi) is 8.82. The molecule has 2 aliphatic heterocycles. The maximum Gasteiger partial charge on any atom is 0.295 e. The SMILES string of the molecule is CCCOc1ccc(/C(O)=C2/C(=O)C(=O)N(CCCN3CCOCC3)C2c2ccc(Br)cc2)cc1C. The zero-order chi connectivity index (χ0) is 25.7. The Morgan fingerprint density at radius 1 is 1.11 bits per heavy atom. The summed E-state index contributed by atoms with van der Waals surface area (Å²) < 4.78 is 12.1. The molecule has 2 aromatic carbocycles. The largest absolute Gasteiger partial charge is 0.507 e. The van der Waals surface area contributed by atoms with E-state index in [-0.39, 0.29) is 11.3 Å². The van der Waals surface area contributed by atoms with Gasteiger partial charge in [-0.3, -0.25) is 14.5 Å². The van der Waals surface area contributed by atoms with Crippen LogP contribution in [-0.4, -0.2) is 72.6 Å². The van der Waals surface area contributed by atoms with Crippen molar-refractivity contribution in [2.75, 3.05) is 46.0 Å². The zero-order valence-electron chi connectivity index (χ0n) is 20.8. The number of morpholine rings is 1. The maximum atomic E-state index is 13.3. The Bertz CT molecular complexity index is 1130. The van der Waals surface area contributed by atoms with E-state index in [4.69, 9.17) is 9.47 Å². The molecule has 36 heavy (non-hydrogen) atoms. The number of benzene rings is 2. The van der Waals surface area contributed by atoms with Crippen molar-refractivity contribution < 1.29 is 24.2 Å². The van der Waals surface area contributed by atoms with Crippen LogP contribution in [0.4, 0.5) is 0 Å². The molecule has 0 bridgehead atoms. The number of aliphatic hydroxyl groups excluding tert-OH is 1. The van der Waals surface area contributed by atoms with Gasteiger partial charge in [0.25, 0.3) is 11.7 Å². The number of likely N-dealkylation sites (tertiary alicyclic amines) is 1. The van der Waals surface area contributed by atoms with Gasteiger partial charge in [0, 0.05) is 36.2 Å². The second-order valence-electron chi connectivity index (χ2n) is 9.18. The molecular weight excluding hydrogens is 524 g/mol. The number of carbonyl (C=O) groups is 2. The Morgan fingerprint density at radius 2 is 1.83 bits per heavy atom. The Balaban J connectivity index is 1.66. The first-order chi connectivity index (χ1) is 17.4. The van der Waals surface area contributed by atoms with Crippen molar-refractivity contribution in [1.29, 1.82) is 0 Å². The van der Waals surface area contributed by atoms with Crippen molar-refractivity contribution in [3.05, 3.63) is 69.2 Å². The molecule has 192 valence electrons. The number of halogens is 1. The van der Waals surface area contributed by atoms with E-state index >= 15 is 0 Å². The molecule has 2 aromatic rings. The normalized spacial score (nSPS) is 20.2. The summed E-state index contributed by atoms with van der Waals surface area (Å²) in [5.41, 5.74) is 2.25. The lowest BCUT2D eigenvalue weighted by Crippen LogP contribution is -2.38. The molecule has 0 aliphatic carbocycles. The average Bonchev–Trinajstić information content (AvgIpc) is 3.13. The summed E-state index contributed by atoms with van der Waals surface area (Å²) in [5.74, 6) is -0.662. The van der Waals surface area contributed by atoms with Crippen LogP contribution in [0.2, 0.25) is 0 Å². The quantitative estimate of drug-likeness (QED) is 0.274. The molecule has 0 aromatic heterocycles. The first-order valence-electron chi connectivity index (χ1n) is 12.5. The first-order valence-corrected chi connectivity index (χ1v) is 13.3. The second kappa shape index (κ2) is 12.0. The number of ether oxygens (including phenoxy) is 2. The van der Waals surface area contributed by atoms with Gasteiger partial charge in [-0.25, -0.2) is 0 Å². The predicted octanol–water partition coefficient (Wildman–Crippen LogP) is 4.69. The fourth-order valence-corrected chi connectivity index (χ4v) is 4.98. The summed E-state index contributed by atoms with van der Waals surface area (Å²) in [4.78, 5) is 30.4. The molecule has 4 rings (SSSR count). The molecule has 7 nitrogen and oxygen atoms in total. The fourth-order valence-electron chi connectivity index (χ4n) is 4.72. The molecule has 1 atom stereocenters. The van der Waals surface area contributed by atoms with E-state index in [1.54, 1.807) is 23.1 Å². The first kappa shape index (κ1) is 26.4. The number of hydrogen-bond donors (Lipinski definition) is 1. The van der Waals surface area contributed by atoms with Crippen molar-refractivity contribution in [2.45, 2.75) is 32.7 Å². The minimum atomic E-state index is -0.657. The third-order valence-electron chi connectivity index (χ3n) is 6.61. The van der Waals surface area contributed by atoms with Crippen LogP contribution in [0.1, 0.15) is 42.5 Å². The summed E-state index contributed by atoms with van der Waals surface area (Å²) in [5, 5.41) is 11.3. The predicted molar refractivity (Wildman–Crippen MR) is 142 cm³/mol. The van der Waals surface area contributed by atoms with Gasteiger partial charge < -0.3 is 19.5 Å². The number of aryl methyl sites for hydroxylation is 1. The number of aliphatic hydroxyl groups is 1. The van der Waals surface area contributed by atoms with E-state index in [0.717, 1.165) is 53.8 Å². The van der Waals surface area contributed by atoms with Gasteiger partial charge in [-0.1, -0.05) is 35.0 Å². The van der Waals surface area contributed by atoms with E-state index in [1.807, 2.05) is 38.1 Å². The fraction of sp³-hybridized carbons (Fsp3) is 0.429. The summed E-state index contributed by atoms with van der Waals surface area (Å²) >= 11 is 3.46. The van der Waals surface area contributed by atoms with Gasteiger partial charge in [0.2, 0.25) is 0 Å². The lowest BCUT2D eigenvalue weighted by molar-refractivity contribution is -0.140. The Labute approximate surface area is 220 Å². The molecule has 1 unspecified atom stereocenters. The van der Waals surface area contributed by atoms with Gasteiger partial charge in [-0.05, 0) is 61.2 Å². The highest BCUT2D eigenvalue weighted by atomic mass is 79.9. The zero-order valence-corrected chi connectivity index (χ0v) is 22.4. The number of carbonyl (C=O) groups excluding carboxylic acids is 2. The molecule has 1 amide bonds. The lowest BCUT2D eigenvalue weighted by atomic mass is 9.94. The van der Waals surface area contributed by atoms with E-state index in [2.05, 4.69) is 20.8 Å². The standard InChI is InChI=1S/C28H33BrN2O5/c1-3-15-36-23-10-7-21(18-19(23)2)26(32)24-25(20-5-8-22(29)9-6-20)31(28(34)27(24)33)12-4-11-30-13-16-35-17-14-30/h5-10,18,25,32H,3-4,11-17H2,1-2H3/b26-24-. The number of ketones is 1. The van der Waals surface area contributed by atoms with Gasteiger partial charge in [0.05, 0.1) is 31.4 Å². The van der Waals surface area contributed by atoms with Crippen LogP contribution in [0.5, 0.6) is 5.75 Å². The van der Waals surface area contributed by atoms with Gasteiger partial charge in [-0.15, -0.1) is 0 Å². The van der Waals surface area contributed by atoms with Crippen molar-refractivity contribution in [3.8, 4) is 5.75 Å². The smallest absolute Gasteiger partial charge is 0.295 e. The molecule has 0 saturated carbocycles. The van der Waals surface area contributed by atoms with Crippen LogP contribution in [-0.2, 0) is 14.3 Å². The van der Waals surface area contributed by atoms with E-state index in [1.165, 1.54) is 0 Å². The topological polar surface area (TPSA) is 79.3 Å². The van der Waals surface area contributed by atoms with E-state index in [0.29, 0.717) is 31.9 Å². The highest BCUT2D eigenvalue weighted by Crippen LogP contribution is 2.40. The molecule has 2 aliphatic rings. The number of amides is 1. The molecular formula is C28H33BrN2O5. The van der Waals surface area contributed by atoms with Crippen molar-refractivity contribution in [1.82, 2.24) is 9.80 Å². The van der Waals surface area contributed by atoms with Gasteiger partial charge in [-0.2, -0.15) is 0 Å². The lowest BCUT2D eigenvalue weighted by Gasteiger charge is -2.29. The van der Waals surface area contributed by atoms with Gasteiger partial charge in [0.15, 0.2) is 0 Å². The Hall–Kier alpha value is -2.68. The number of rotatable bonds is 9. The van der Waals surface area contributed by atoms with E-state index in [9.17, 15) is 14.7 Å². The molecule has 8 heteroatoms. The van der Waals surface area contributed by atoms with Crippen LogP contribution in [0.25, 0.3) is 5.76 Å². The van der Waals surface area contributed by atoms with Crippen LogP contribution >= 0.6 is 15.9 Å². The summed E-state index contributed by atoms with van der Waals surface area (Å²) in [6.07, 6.45) is 1.62. The average molecular weight is 557 g/mol. The maximum absolute atomic E-state index is 13.3. The van der Waals surface area contributed by atoms with Gasteiger partial charge in [0.1, 0.15) is 11.5 Å². The minimum absolute atomic E-state index is 0.121. The third kappa shape index (κ3) is 5.82. The van der Waals surface area contributed by atoms with Crippen LogP contribution in [0, 0.1) is 6.92 Å². The monoisotopic (exact) mass is 556 g/mol. The van der Waals surface area contributed by atoms with Gasteiger partial charge >= 0.3 is 0 Å². The number of hydrogen-bond acceptors (Lipinski definition) is 6. The second-order valence-corrected chi connectivity index (χ2v) is 10.1. The molecule has 2 saturated heterocycles. The number of nitrogens with zero attached hydrogens (tertiary/aromatic N) is 2. The van der Waals surface area contributed by atoms with Crippen LogP contribution < -0.4 is 4.74 Å². The molecule has 1 N–H and O–H groups in total. The van der Waals surface area contributed by atoms with E-state index < -0.39 is 17.7 Å².